The molecule has 0 amide bonds. The van der Waals surface area contributed by atoms with Gasteiger partial charge in [-0.25, -0.2) is 0 Å². The lowest BCUT2D eigenvalue weighted by Gasteiger charge is -2.19. The zero-order valence-electron chi connectivity index (χ0n) is 6.59. The zero-order chi connectivity index (χ0) is 9.42. The Morgan fingerprint density at radius 1 is 1.54 bits per heavy atom. The standard InChI is InChI=1S/C9H6BrClO2/c10-7-4-13-8-3-5(11)1-2-6(8)9(7)12/h1-3,7H,4H2/t7-/m0/s1. The van der Waals surface area contributed by atoms with Gasteiger partial charge in [-0.05, 0) is 18.2 Å². The molecule has 2 rings (SSSR count). The molecule has 1 aliphatic heterocycles. The minimum absolute atomic E-state index is 0.0536. The van der Waals surface area contributed by atoms with Crippen LogP contribution in [-0.4, -0.2) is 17.2 Å². The van der Waals surface area contributed by atoms with Crippen LogP contribution in [0.15, 0.2) is 18.2 Å². The Hall–Kier alpha value is -0.540. The van der Waals surface area contributed by atoms with Crippen LogP contribution in [0.3, 0.4) is 0 Å². The number of rotatable bonds is 0. The maximum atomic E-state index is 11.6. The van der Waals surface area contributed by atoms with Gasteiger partial charge in [0.1, 0.15) is 17.2 Å². The van der Waals surface area contributed by atoms with Crippen molar-refractivity contribution in [3.63, 3.8) is 0 Å². The van der Waals surface area contributed by atoms with Crippen LogP contribution in [0, 0.1) is 0 Å². The first-order chi connectivity index (χ1) is 6.18. The number of ether oxygens (including phenoxy) is 1. The van der Waals surface area contributed by atoms with E-state index in [1.807, 2.05) is 0 Å². The minimum atomic E-state index is -0.235. The van der Waals surface area contributed by atoms with E-state index in [0.717, 1.165) is 0 Å². The second-order valence-electron chi connectivity index (χ2n) is 2.78. The number of hydrogen-bond acceptors (Lipinski definition) is 2. The molecule has 0 N–H and O–H groups in total. The molecule has 0 aliphatic carbocycles. The van der Waals surface area contributed by atoms with Crippen LogP contribution in [0.2, 0.25) is 5.02 Å². The predicted molar refractivity (Wildman–Crippen MR) is 54.0 cm³/mol. The Bertz CT molecular complexity index is 365. The SMILES string of the molecule is O=C1c2ccc(Cl)cc2OC[C@@H]1Br. The summed E-state index contributed by atoms with van der Waals surface area (Å²) in [6, 6.07) is 5.04. The first kappa shape index (κ1) is 9.03. The Morgan fingerprint density at radius 2 is 2.31 bits per heavy atom. The van der Waals surface area contributed by atoms with Crippen molar-refractivity contribution < 1.29 is 9.53 Å². The summed E-state index contributed by atoms with van der Waals surface area (Å²) in [5, 5.41) is 0.583. The molecule has 2 nitrogen and oxygen atoms in total. The third-order valence-electron chi connectivity index (χ3n) is 1.88. The van der Waals surface area contributed by atoms with Gasteiger partial charge >= 0.3 is 0 Å². The van der Waals surface area contributed by atoms with Crippen LogP contribution in [0.1, 0.15) is 10.4 Å². The second kappa shape index (κ2) is 3.31. The monoisotopic (exact) mass is 260 g/mol. The van der Waals surface area contributed by atoms with Gasteiger partial charge in [-0.15, -0.1) is 0 Å². The molecule has 0 radical (unpaired) electrons. The molecule has 13 heavy (non-hydrogen) atoms. The van der Waals surface area contributed by atoms with Gasteiger partial charge in [0.2, 0.25) is 0 Å². The third kappa shape index (κ3) is 1.58. The number of ketones is 1. The predicted octanol–water partition coefficient (Wildman–Crippen LogP) is 2.68. The number of alkyl halides is 1. The van der Waals surface area contributed by atoms with E-state index in [9.17, 15) is 4.79 Å². The summed E-state index contributed by atoms with van der Waals surface area (Å²) < 4.78 is 5.33. The van der Waals surface area contributed by atoms with Crippen LogP contribution in [0.25, 0.3) is 0 Å². The zero-order valence-corrected chi connectivity index (χ0v) is 8.93. The summed E-state index contributed by atoms with van der Waals surface area (Å²) in [6.45, 7) is 0.367. The third-order valence-corrected chi connectivity index (χ3v) is 2.79. The largest absolute Gasteiger partial charge is 0.491 e. The van der Waals surface area contributed by atoms with Gasteiger partial charge < -0.3 is 4.74 Å². The lowest BCUT2D eigenvalue weighted by atomic mass is 10.1. The van der Waals surface area contributed by atoms with Crippen LogP contribution >= 0.6 is 27.5 Å². The molecular weight excluding hydrogens is 255 g/mol. The Balaban J connectivity index is 2.50. The highest BCUT2D eigenvalue weighted by molar-refractivity contribution is 9.10. The van der Waals surface area contributed by atoms with Gasteiger partial charge in [-0.2, -0.15) is 0 Å². The number of carbonyl (C=O) groups excluding carboxylic acids is 1. The molecule has 0 saturated heterocycles. The molecule has 0 fully saturated rings. The highest BCUT2D eigenvalue weighted by atomic mass is 79.9. The molecular formula is C9H6BrClO2. The molecule has 0 spiro atoms. The summed E-state index contributed by atoms with van der Waals surface area (Å²) in [6.07, 6.45) is 0. The number of hydrogen-bond donors (Lipinski definition) is 0. The van der Waals surface area contributed by atoms with Gasteiger partial charge in [-0.1, -0.05) is 27.5 Å². The fourth-order valence-corrected chi connectivity index (χ4v) is 1.77. The van der Waals surface area contributed by atoms with E-state index in [-0.39, 0.29) is 10.6 Å². The molecule has 1 aliphatic rings. The highest BCUT2D eigenvalue weighted by Gasteiger charge is 2.26. The molecule has 0 aromatic heterocycles. The fourth-order valence-electron chi connectivity index (χ4n) is 1.23. The average molecular weight is 262 g/mol. The normalized spacial score (nSPS) is 20.8. The van der Waals surface area contributed by atoms with E-state index in [2.05, 4.69) is 15.9 Å². The summed E-state index contributed by atoms with van der Waals surface area (Å²) >= 11 is 8.99. The molecule has 1 heterocycles. The number of benzene rings is 1. The lowest BCUT2D eigenvalue weighted by molar-refractivity contribution is 0.0946. The summed E-state index contributed by atoms with van der Waals surface area (Å²) in [5.74, 6) is 0.631. The average Bonchev–Trinajstić information content (AvgIpc) is 2.12. The molecule has 1 aromatic rings. The molecule has 0 bridgehead atoms. The van der Waals surface area contributed by atoms with E-state index in [1.54, 1.807) is 18.2 Å². The van der Waals surface area contributed by atoms with Crippen molar-refractivity contribution in [2.45, 2.75) is 4.83 Å². The molecule has 0 saturated carbocycles. The second-order valence-corrected chi connectivity index (χ2v) is 4.33. The topological polar surface area (TPSA) is 26.3 Å². The molecule has 1 aromatic carbocycles. The number of fused-ring (bicyclic) bond motifs is 1. The van der Waals surface area contributed by atoms with Gasteiger partial charge in [0, 0.05) is 5.02 Å². The van der Waals surface area contributed by atoms with Crippen molar-refractivity contribution in [1.29, 1.82) is 0 Å². The Labute approximate surface area is 89.0 Å². The highest BCUT2D eigenvalue weighted by Crippen LogP contribution is 2.29. The van der Waals surface area contributed by atoms with Crippen LogP contribution in [0.5, 0.6) is 5.75 Å². The van der Waals surface area contributed by atoms with E-state index >= 15 is 0 Å². The first-order valence-corrected chi connectivity index (χ1v) is 5.08. The Kier molecular flexibility index (Phi) is 2.30. The van der Waals surface area contributed by atoms with Gasteiger partial charge in [0.15, 0.2) is 5.78 Å². The summed E-state index contributed by atoms with van der Waals surface area (Å²) in [5.41, 5.74) is 0.595. The van der Waals surface area contributed by atoms with E-state index in [1.165, 1.54) is 0 Å². The van der Waals surface area contributed by atoms with Crippen molar-refractivity contribution in [3.8, 4) is 5.75 Å². The lowest BCUT2D eigenvalue weighted by Crippen LogP contribution is -2.27. The van der Waals surface area contributed by atoms with E-state index in [4.69, 9.17) is 16.3 Å². The van der Waals surface area contributed by atoms with Crippen LogP contribution in [-0.2, 0) is 0 Å². The summed E-state index contributed by atoms with van der Waals surface area (Å²) in [7, 11) is 0. The number of carbonyl (C=O) groups is 1. The fraction of sp³-hybridized carbons (Fsp3) is 0.222. The van der Waals surface area contributed by atoms with E-state index < -0.39 is 0 Å². The minimum Gasteiger partial charge on any atom is -0.491 e. The first-order valence-electron chi connectivity index (χ1n) is 3.79. The van der Waals surface area contributed by atoms with Crippen LogP contribution < -0.4 is 4.74 Å². The number of halogens is 2. The van der Waals surface area contributed by atoms with Gasteiger partial charge in [0.25, 0.3) is 0 Å². The van der Waals surface area contributed by atoms with Crippen molar-refractivity contribution in [2.24, 2.45) is 0 Å². The van der Waals surface area contributed by atoms with Crippen molar-refractivity contribution >= 4 is 33.3 Å². The van der Waals surface area contributed by atoms with Gasteiger partial charge in [0.05, 0.1) is 5.56 Å². The maximum absolute atomic E-state index is 11.6. The molecule has 4 heteroatoms. The van der Waals surface area contributed by atoms with Crippen LogP contribution in [0.4, 0.5) is 0 Å². The van der Waals surface area contributed by atoms with Gasteiger partial charge in [-0.3, -0.25) is 4.79 Å². The quantitative estimate of drug-likeness (QED) is 0.671. The maximum Gasteiger partial charge on any atom is 0.183 e. The van der Waals surface area contributed by atoms with Crippen molar-refractivity contribution in [2.75, 3.05) is 6.61 Å². The molecule has 1 atom stereocenters. The van der Waals surface area contributed by atoms with E-state index in [0.29, 0.717) is 22.9 Å². The van der Waals surface area contributed by atoms with Crippen molar-refractivity contribution in [3.05, 3.63) is 28.8 Å². The smallest absolute Gasteiger partial charge is 0.183 e. The molecule has 0 unspecified atom stereocenters. The summed E-state index contributed by atoms with van der Waals surface area (Å²) in [4.78, 5) is 11.3. The molecule has 68 valence electrons. The number of Topliss-reactive ketones (excluding diaryl/α,β-unsaturated/α-hetero) is 1. The Morgan fingerprint density at radius 3 is 3.08 bits per heavy atom. The van der Waals surface area contributed by atoms with Crippen molar-refractivity contribution in [1.82, 2.24) is 0 Å².